The molecule has 0 aromatic heterocycles. The summed E-state index contributed by atoms with van der Waals surface area (Å²) in [5.74, 6) is 3.15. The summed E-state index contributed by atoms with van der Waals surface area (Å²) in [6, 6.07) is 0. The molecule has 1 saturated carbocycles. The van der Waals surface area contributed by atoms with Crippen LogP contribution in [0.2, 0.25) is 0 Å². The van der Waals surface area contributed by atoms with Crippen molar-refractivity contribution in [1.82, 2.24) is 0 Å². The summed E-state index contributed by atoms with van der Waals surface area (Å²) in [4.78, 5) is 0. The molecule has 0 amide bonds. The maximum atomic E-state index is 2.43. The number of rotatable bonds is 4. The number of thioether (sulfide) groups is 1. The highest BCUT2D eigenvalue weighted by molar-refractivity contribution is 7.99. The van der Waals surface area contributed by atoms with Gasteiger partial charge in [0.15, 0.2) is 0 Å². The third-order valence-corrected chi connectivity index (χ3v) is 4.89. The Bertz CT molecular complexity index is 174. The Morgan fingerprint density at radius 2 is 2.14 bits per heavy atom. The quantitative estimate of drug-likeness (QED) is 0.618. The Balaban J connectivity index is 2.38. The zero-order valence-corrected chi connectivity index (χ0v) is 10.6. The van der Waals surface area contributed by atoms with Crippen LogP contribution in [0.4, 0.5) is 0 Å². The second kappa shape index (κ2) is 6.55. The van der Waals surface area contributed by atoms with Gasteiger partial charge in [-0.05, 0) is 50.2 Å². The lowest BCUT2D eigenvalue weighted by molar-refractivity contribution is 0.341. The van der Waals surface area contributed by atoms with E-state index in [1.165, 1.54) is 31.4 Å². The molecule has 0 saturated heterocycles. The number of hydrogen-bond donors (Lipinski definition) is 0. The van der Waals surface area contributed by atoms with E-state index in [1.807, 2.05) is 0 Å². The Labute approximate surface area is 93.5 Å². The average Bonchev–Trinajstić information content (AvgIpc) is 2.19. The van der Waals surface area contributed by atoms with Crippen LogP contribution in [0.1, 0.15) is 46.5 Å². The zero-order valence-electron chi connectivity index (χ0n) is 9.83. The van der Waals surface area contributed by atoms with E-state index in [-0.39, 0.29) is 0 Å². The number of allylic oxidation sites excluding steroid dienone is 2. The fourth-order valence-electron chi connectivity index (χ4n) is 2.26. The van der Waals surface area contributed by atoms with Gasteiger partial charge in [0, 0.05) is 5.25 Å². The summed E-state index contributed by atoms with van der Waals surface area (Å²) in [5, 5.41) is 0.921. The first-order valence-electron chi connectivity index (χ1n) is 6.02. The van der Waals surface area contributed by atoms with E-state index in [0.717, 1.165) is 17.1 Å². The van der Waals surface area contributed by atoms with Crippen LogP contribution >= 0.6 is 11.8 Å². The van der Waals surface area contributed by atoms with E-state index in [4.69, 9.17) is 0 Å². The van der Waals surface area contributed by atoms with Gasteiger partial charge in [-0.15, -0.1) is 0 Å². The molecule has 0 nitrogen and oxygen atoms in total. The predicted octanol–water partition coefficient (Wildman–Crippen LogP) is 4.51. The van der Waals surface area contributed by atoms with Gasteiger partial charge >= 0.3 is 0 Å². The molecule has 0 N–H and O–H groups in total. The van der Waals surface area contributed by atoms with E-state index >= 15 is 0 Å². The number of hydrogen-bond acceptors (Lipinski definition) is 1. The van der Waals surface area contributed by atoms with Crippen molar-refractivity contribution in [3.05, 3.63) is 12.2 Å². The van der Waals surface area contributed by atoms with Gasteiger partial charge in [0.25, 0.3) is 0 Å². The summed E-state index contributed by atoms with van der Waals surface area (Å²) in [5.41, 5.74) is 0. The summed E-state index contributed by atoms with van der Waals surface area (Å²) >= 11 is 2.20. The van der Waals surface area contributed by atoms with Crippen LogP contribution in [-0.2, 0) is 0 Å². The Kier molecular flexibility index (Phi) is 5.69. The lowest BCUT2D eigenvalue weighted by Crippen LogP contribution is -2.24. The first-order valence-corrected chi connectivity index (χ1v) is 7.07. The van der Waals surface area contributed by atoms with E-state index in [2.05, 4.69) is 44.7 Å². The van der Waals surface area contributed by atoms with Crippen molar-refractivity contribution in [3.8, 4) is 0 Å². The van der Waals surface area contributed by atoms with Crippen LogP contribution in [0.3, 0.4) is 0 Å². The second-order valence-corrected chi connectivity index (χ2v) is 5.83. The van der Waals surface area contributed by atoms with Crippen LogP contribution in [0.15, 0.2) is 12.2 Å². The topological polar surface area (TPSA) is 0 Å². The minimum Gasteiger partial charge on any atom is -0.158 e. The van der Waals surface area contributed by atoms with Crippen LogP contribution in [0, 0.1) is 11.8 Å². The molecule has 14 heavy (non-hydrogen) atoms. The van der Waals surface area contributed by atoms with E-state index in [9.17, 15) is 0 Å². The van der Waals surface area contributed by atoms with Gasteiger partial charge in [0.05, 0.1) is 0 Å². The van der Waals surface area contributed by atoms with Crippen LogP contribution < -0.4 is 0 Å². The molecule has 1 rings (SSSR count). The van der Waals surface area contributed by atoms with Gasteiger partial charge in [0.1, 0.15) is 0 Å². The van der Waals surface area contributed by atoms with E-state index in [1.54, 1.807) is 0 Å². The molecule has 1 aliphatic rings. The molecule has 3 unspecified atom stereocenters. The van der Waals surface area contributed by atoms with Crippen molar-refractivity contribution in [2.75, 3.05) is 5.75 Å². The molecule has 1 aliphatic carbocycles. The maximum Gasteiger partial charge on any atom is 0.00782 e. The highest BCUT2D eigenvalue weighted by atomic mass is 32.2. The fourth-order valence-corrected chi connectivity index (χ4v) is 3.65. The third-order valence-electron chi connectivity index (χ3n) is 3.16. The van der Waals surface area contributed by atoms with Crippen molar-refractivity contribution in [2.45, 2.75) is 51.7 Å². The van der Waals surface area contributed by atoms with Crippen molar-refractivity contribution >= 4 is 11.8 Å². The van der Waals surface area contributed by atoms with Gasteiger partial charge < -0.3 is 0 Å². The molecule has 0 aliphatic heterocycles. The molecule has 0 radical (unpaired) electrons. The molecule has 0 bridgehead atoms. The minimum atomic E-state index is 0.866. The van der Waals surface area contributed by atoms with Crippen LogP contribution in [0.25, 0.3) is 0 Å². The smallest absolute Gasteiger partial charge is 0.00782 e. The summed E-state index contributed by atoms with van der Waals surface area (Å²) in [6.07, 6.45) is 10.2. The van der Waals surface area contributed by atoms with Gasteiger partial charge in [0.2, 0.25) is 0 Å². The summed E-state index contributed by atoms with van der Waals surface area (Å²) < 4.78 is 0. The molecule has 0 aromatic carbocycles. The fraction of sp³-hybridized carbons (Fsp3) is 0.846. The van der Waals surface area contributed by atoms with E-state index in [0.29, 0.717) is 0 Å². The van der Waals surface area contributed by atoms with Crippen molar-refractivity contribution in [3.63, 3.8) is 0 Å². The van der Waals surface area contributed by atoms with Gasteiger partial charge in [-0.1, -0.05) is 26.0 Å². The molecular formula is C13H24S. The normalized spacial score (nSPS) is 33.8. The molecule has 1 fully saturated rings. The van der Waals surface area contributed by atoms with Crippen LogP contribution in [0.5, 0.6) is 0 Å². The molecular weight excluding hydrogens is 188 g/mol. The Morgan fingerprint density at radius 3 is 2.79 bits per heavy atom. The molecule has 0 spiro atoms. The maximum absolute atomic E-state index is 2.43. The lowest BCUT2D eigenvalue weighted by atomic mass is 9.82. The molecule has 1 heteroatoms. The highest BCUT2D eigenvalue weighted by Gasteiger charge is 2.26. The van der Waals surface area contributed by atoms with Crippen molar-refractivity contribution in [1.29, 1.82) is 0 Å². The SMILES string of the molecule is C/C=C/C1CCC(C)C(SCCC)C1. The van der Waals surface area contributed by atoms with E-state index < -0.39 is 0 Å². The minimum absolute atomic E-state index is 0.866. The molecule has 0 aromatic rings. The monoisotopic (exact) mass is 212 g/mol. The van der Waals surface area contributed by atoms with Gasteiger partial charge in [-0.2, -0.15) is 11.8 Å². The molecule has 3 atom stereocenters. The van der Waals surface area contributed by atoms with Gasteiger partial charge in [-0.25, -0.2) is 0 Å². The first kappa shape index (κ1) is 12.2. The molecule has 0 heterocycles. The Hall–Kier alpha value is 0.0900. The van der Waals surface area contributed by atoms with Crippen LogP contribution in [-0.4, -0.2) is 11.0 Å². The summed E-state index contributed by atoms with van der Waals surface area (Å²) in [6.45, 7) is 6.86. The standard InChI is InChI=1S/C13H24S/c1-4-6-12-8-7-11(3)13(10-12)14-9-5-2/h4,6,11-13H,5,7-10H2,1-3H3/b6-4+. The van der Waals surface area contributed by atoms with Crippen molar-refractivity contribution in [2.24, 2.45) is 11.8 Å². The Morgan fingerprint density at radius 1 is 1.36 bits per heavy atom. The largest absolute Gasteiger partial charge is 0.158 e. The second-order valence-electron chi connectivity index (χ2n) is 4.49. The summed E-state index contributed by atoms with van der Waals surface area (Å²) in [7, 11) is 0. The highest BCUT2D eigenvalue weighted by Crippen LogP contribution is 2.37. The zero-order chi connectivity index (χ0) is 10.4. The predicted molar refractivity (Wildman–Crippen MR) is 67.9 cm³/mol. The first-order chi connectivity index (χ1) is 6.77. The average molecular weight is 212 g/mol. The third kappa shape index (κ3) is 3.68. The molecule has 82 valence electrons. The van der Waals surface area contributed by atoms with Crippen molar-refractivity contribution < 1.29 is 0 Å². The lowest BCUT2D eigenvalue weighted by Gasteiger charge is -2.32. The van der Waals surface area contributed by atoms with Gasteiger partial charge in [-0.3, -0.25) is 0 Å².